The van der Waals surface area contributed by atoms with E-state index in [1.54, 1.807) is 0 Å². The van der Waals surface area contributed by atoms with Gasteiger partial charge in [0.25, 0.3) is 0 Å². The van der Waals surface area contributed by atoms with Gasteiger partial charge in [-0.15, -0.1) is 0 Å². The Morgan fingerprint density at radius 2 is 1.55 bits per heavy atom. The van der Waals surface area contributed by atoms with E-state index in [4.69, 9.17) is 0 Å². The summed E-state index contributed by atoms with van der Waals surface area (Å²) in [5.74, 6) is 0. The third-order valence-corrected chi connectivity index (χ3v) is 1.74. The van der Waals surface area contributed by atoms with Gasteiger partial charge in [0, 0.05) is 4.75 Å². The first-order valence-corrected chi connectivity index (χ1v) is 3.83. The molecule has 1 rings (SSSR count). The smallest absolute Gasteiger partial charge is 0.0322 e. The number of rotatable bonds is 1. The summed E-state index contributed by atoms with van der Waals surface area (Å²) in [6.45, 7) is 4.18. The standard InChI is InChI=1S/C9H12S.H2O/c1-9(2,10)8-6-4-3-5-7-8;/h3-7,10H,1-2H3;1H2. The van der Waals surface area contributed by atoms with Crippen molar-refractivity contribution >= 4 is 12.6 Å². The Labute approximate surface area is 73.2 Å². The molecule has 0 fully saturated rings. The third-order valence-electron chi connectivity index (χ3n) is 1.48. The molecule has 2 heteroatoms. The lowest BCUT2D eigenvalue weighted by Gasteiger charge is -2.16. The molecular weight excluding hydrogens is 156 g/mol. The summed E-state index contributed by atoms with van der Waals surface area (Å²) < 4.78 is -0.0126. The molecule has 0 aromatic heterocycles. The minimum absolute atomic E-state index is 0. The highest BCUT2D eigenvalue weighted by Crippen LogP contribution is 2.25. The van der Waals surface area contributed by atoms with Crippen molar-refractivity contribution in [1.82, 2.24) is 0 Å². The molecule has 1 nitrogen and oxygen atoms in total. The van der Waals surface area contributed by atoms with Crippen LogP contribution in [0.1, 0.15) is 19.4 Å². The Morgan fingerprint density at radius 1 is 1.09 bits per heavy atom. The molecule has 0 saturated carbocycles. The van der Waals surface area contributed by atoms with Crippen LogP contribution in [-0.4, -0.2) is 5.48 Å². The maximum Gasteiger partial charge on any atom is 0.0322 e. The van der Waals surface area contributed by atoms with Crippen LogP contribution in [0.5, 0.6) is 0 Å². The van der Waals surface area contributed by atoms with Crippen LogP contribution >= 0.6 is 12.6 Å². The Morgan fingerprint density at radius 3 is 1.82 bits per heavy atom. The maximum atomic E-state index is 4.44. The van der Waals surface area contributed by atoms with Crippen molar-refractivity contribution in [3.63, 3.8) is 0 Å². The van der Waals surface area contributed by atoms with E-state index in [-0.39, 0.29) is 10.2 Å². The first-order valence-electron chi connectivity index (χ1n) is 3.38. The average Bonchev–Trinajstić information content (AvgIpc) is 1.88. The SMILES string of the molecule is CC(C)(S)c1ccccc1.O. The normalized spacial score (nSPS) is 10.5. The molecule has 0 bridgehead atoms. The summed E-state index contributed by atoms with van der Waals surface area (Å²) in [4.78, 5) is 0. The zero-order valence-corrected chi connectivity index (χ0v) is 7.73. The summed E-state index contributed by atoms with van der Waals surface area (Å²) >= 11 is 4.44. The van der Waals surface area contributed by atoms with Crippen LogP contribution < -0.4 is 0 Å². The number of hydrogen-bond donors (Lipinski definition) is 1. The second kappa shape index (κ2) is 3.79. The van der Waals surface area contributed by atoms with Crippen molar-refractivity contribution in [2.75, 3.05) is 0 Å². The minimum Gasteiger partial charge on any atom is -0.412 e. The topological polar surface area (TPSA) is 31.5 Å². The van der Waals surface area contributed by atoms with Gasteiger partial charge in [-0.05, 0) is 19.4 Å². The van der Waals surface area contributed by atoms with Gasteiger partial charge in [0.1, 0.15) is 0 Å². The quantitative estimate of drug-likeness (QED) is 0.625. The minimum atomic E-state index is -0.0126. The van der Waals surface area contributed by atoms with Crippen LogP contribution in [-0.2, 0) is 4.75 Å². The lowest BCUT2D eigenvalue weighted by atomic mass is 10.0. The Bertz CT molecular complexity index is 201. The van der Waals surface area contributed by atoms with Crippen molar-refractivity contribution in [3.05, 3.63) is 35.9 Å². The maximum absolute atomic E-state index is 4.44. The number of benzene rings is 1. The van der Waals surface area contributed by atoms with Crippen molar-refractivity contribution in [2.24, 2.45) is 0 Å². The van der Waals surface area contributed by atoms with Gasteiger partial charge in [-0.25, -0.2) is 0 Å². The zero-order chi connectivity index (χ0) is 7.61. The summed E-state index contributed by atoms with van der Waals surface area (Å²) in [5.41, 5.74) is 1.26. The van der Waals surface area contributed by atoms with E-state index < -0.39 is 0 Å². The van der Waals surface area contributed by atoms with E-state index in [0.29, 0.717) is 0 Å². The zero-order valence-electron chi connectivity index (χ0n) is 6.83. The van der Waals surface area contributed by atoms with Crippen LogP contribution in [0.15, 0.2) is 30.3 Å². The van der Waals surface area contributed by atoms with Gasteiger partial charge >= 0.3 is 0 Å². The molecule has 2 N–H and O–H groups in total. The molecule has 0 aliphatic carbocycles. The van der Waals surface area contributed by atoms with Crippen molar-refractivity contribution in [2.45, 2.75) is 18.6 Å². The Kier molecular flexibility index (Phi) is 3.63. The van der Waals surface area contributed by atoms with Gasteiger partial charge in [0.2, 0.25) is 0 Å². The number of thiol groups is 1. The van der Waals surface area contributed by atoms with E-state index in [0.717, 1.165) is 0 Å². The predicted octanol–water partition coefficient (Wildman–Crippen LogP) is 2.03. The fraction of sp³-hybridized carbons (Fsp3) is 0.333. The first kappa shape index (κ1) is 10.5. The first-order chi connectivity index (χ1) is 4.61. The number of hydrogen-bond acceptors (Lipinski definition) is 1. The van der Waals surface area contributed by atoms with E-state index in [1.807, 2.05) is 18.2 Å². The van der Waals surface area contributed by atoms with Crippen molar-refractivity contribution < 1.29 is 5.48 Å². The van der Waals surface area contributed by atoms with Crippen LogP contribution in [0.2, 0.25) is 0 Å². The molecule has 0 amide bonds. The second-order valence-electron chi connectivity index (χ2n) is 2.93. The lowest BCUT2D eigenvalue weighted by Crippen LogP contribution is -2.06. The van der Waals surface area contributed by atoms with Gasteiger partial charge in [-0.2, -0.15) is 12.6 Å². The molecule has 0 heterocycles. The summed E-state index contributed by atoms with van der Waals surface area (Å²) in [6, 6.07) is 10.3. The van der Waals surface area contributed by atoms with Gasteiger partial charge < -0.3 is 5.48 Å². The largest absolute Gasteiger partial charge is 0.412 e. The fourth-order valence-corrected chi connectivity index (χ4v) is 0.995. The summed E-state index contributed by atoms with van der Waals surface area (Å²) in [6.07, 6.45) is 0. The Balaban J connectivity index is 0.000001000. The summed E-state index contributed by atoms with van der Waals surface area (Å²) in [5, 5.41) is 0. The highest BCUT2D eigenvalue weighted by atomic mass is 32.1. The fourth-order valence-electron chi connectivity index (χ4n) is 0.846. The van der Waals surface area contributed by atoms with Crippen LogP contribution in [0.3, 0.4) is 0 Å². The van der Waals surface area contributed by atoms with Gasteiger partial charge in [-0.1, -0.05) is 30.3 Å². The van der Waals surface area contributed by atoms with E-state index in [9.17, 15) is 0 Å². The summed E-state index contributed by atoms with van der Waals surface area (Å²) in [7, 11) is 0. The van der Waals surface area contributed by atoms with Gasteiger partial charge in [0.15, 0.2) is 0 Å². The molecular formula is C9H14OS. The van der Waals surface area contributed by atoms with Crippen LogP contribution in [0.4, 0.5) is 0 Å². The van der Waals surface area contributed by atoms with E-state index in [1.165, 1.54) is 5.56 Å². The molecule has 0 radical (unpaired) electrons. The molecule has 0 atom stereocenters. The second-order valence-corrected chi connectivity index (χ2v) is 4.04. The average molecular weight is 170 g/mol. The van der Waals surface area contributed by atoms with Gasteiger partial charge in [-0.3, -0.25) is 0 Å². The van der Waals surface area contributed by atoms with E-state index in [2.05, 4.69) is 38.6 Å². The predicted molar refractivity (Wildman–Crippen MR) is 52.1 cm³/mol. The molecule has 0 saturated heterocycles. The highest BCUT2D eigenvalue weighted by molar-refractivity contribution is 7.81. The molecule has 0 aliphatic rings. The van der Waals surface area contributed by atoms with Crippen LogP contribution in [0.25, 0.3) is 0 Å². The highest BCUT2D eigenvalue weighted by Gasteiger charge is 2.12. The third kappa shape index (κ3) is 2.95. The molecule has 62 valence electrons. The molecule has 0 spiro atoms. The van der Waals surface area contributed by atoms with Crippen molar-refractivity contribution in [1.29, 1.82) is 0 Å². The molecule has 0 unspecified atom stereocenters. The van der Waals surface area contributed by atoms with Crippen molar-refractivity contribution in [3.8, 4) is 0 Å². The van der Waals surface area contributed by atoms with Crippen LogP contribution in [0, 0.1) is 0 Å². The molecule has 0 aliphatic heterocycles. The Hall–Kier alpha value is -0.470. The van der Waals surface area contributed by atoms with E-state index >= 15 is 0 Å². The molecule has 1 aromatic carbocycles. The van der Waals surface area contributed by atoms with Gasteiger partial charge in [0.05, 0.1) is 0 Å². The molecule has 11 heavy (non-hydrogen) atoms. The monoisotopic (exact) mass is 170 g/mol. The lowest BCUT2D eigenvalue weighted by molar-refractivity contribution is 0.791. The molecule has 1 aromatic rings.